The quantitative estimate of drug-likeness (QED) is 0.387. The Hall–Kier alpha value is -2.92. The minimum atomic E-state index is -1.34. The first-order valence-electron chi connectivity index (χ1n) is 13.2. The van der Waals surface area contributed by atoms with Crippen molar-refractivity contribution in [1.82, 2.24) is 0 Å². The van der Waals surface area contributed by atoms with Gasteiger partial charge in [0.1, 0.15) is 0 Å². The Morgan fingerprint density at radius 3 is 1.81 bits per heavy atom. The molecule has 0 aromatic heterocycles. The topological polar surface area (TPSA) is 32.8 Å². The molecule has 0 aliphatic carbocycles. The summed E-state index contributed by atoms with van der Waals surface area (Å²) in [6, 6.07) is 20.1. The predicted molar refractivity (Wildman–Crippen MR) is 148 cm³/mol. The van der Waals surface area contributed by atoms with Gasteiger partial charge in [0, 0.05) is 64.0 Å². The summed E-state index contributed by atoms with van der Waals surface area (Å²) in [6.45, 7) is 8.88. The Labute approximate surface area is 215 Å². The number of carbonyl (C=O) groups is 1. The van der Waals surface area contributed by atoms with Gasteiger partial charge in [-0.15, -0.1) is 0 Å². The number of anilines is 2. The molecule has 3 aromatic rings. The highest BCUT2D eigenvalue weighted by Crippen LogP contribution is 2.69. The van der Waals surface area contributed by atoms with E-state index in [1.54, 1.807) is 0 Å². The first-order chi connectivity index (χ1) is 17.3. The number of fused-ring (bicyclic) bond motifs is 6. The molecule has 186 valence electrons. The molecule has 2 fully saturated rings. The Kier molecular flexibility index (Phi) is 4.67. The van der Waals surface area contributed by atoms with Crippen LogP contribution >= 0.6 is 10.0 Å². The highest BCUT2D eigenvalue weighted by Gasteiger charge is 2.55. The maximum Gasteiger partial charge on any atom is 0.340 e. The van der Waals surface area contributed by atoms with Crippen molar-refractivity contribution < 1.29 is 9.53 Å². The van der Waals surface area contributed by atoms with Crippen LogP contribution in [-0.2, 0) is 10.3 Å². The monoisotopic (exact) mass is 498 g/mol. The van der Waals surface area contributed by atoms with Crippen molar-refractivity contribution in [3.63, 3.8) is 0 Å². The molecule has 0 atom stereocenters. The third-order valence-corrected chi connectivity index (χ3v) is 11.7. The van der Waals surface area contributed by atoms with Gasteiger partial charge in [-0.25, -0.2) is 4.79 Å². The van der Waals surface area contributed by atoms with Gasteiger partial charge in [0.15, 0.2) is 5.60 Å². The van der Waals surface area contributed by atoms with E-state index in [9.17, 15) is 4.79 Å². The summed E-state index contributed by atoms with van der Waals surface area (Å²) >= 11 is 0. The third-order valence-electron chi connectivity index (χ3n) is 8.79. The van der Waals surface area contributed by atoms with Crippen molar-refractivity contribution >= 4 is 27.4 Å². The smallest absolute Gasteiger partial charge is 0.340 e. The Bertz CT molecular complexity index is 1350. The number of rotatable bonds is 3. The number of hydrogen-bond donors (Lipinski definition) is 0. The summed E-state index contributed by atoms with van der Waals surface area (Å²) in [6.07, 6.45) is 7.34. The van der Waals surface area contributed by atoms with Crippen LogP contribution in [0.25, 0.3) is 0 Å². The second kappa shape index (κ2) is 7.55. The van der Waals surface area contributed by atoms with E-state index >= 15 is 0 Å². The normalized spacial score (nSPS) is 21.3. The van der Waals surface area contributed by atoms with Gasteiger partial charge in [-0.3, -0.25) is 0 Å². The van der Waals surface area contributed by atoms with Crippen LogP contribution < -0.4 is 9.80 Å². The molecule has 0 radical (unpaired) electrons. The zero-order valence-corrected chi connectivity index (χ0v) is 22.5. The number of hydrogen-bond acceptors (Lipinski definition) is 4. The highest BCUT2D eigenvalue weighted by atomic mass is 32.3. The molecule has 0 saturated carbocycles. The van der Waals surface area contributed by atoms with Gasteiger partial charge in [0.25, 0.3) is 0 Å². The SMILES string of the molecule is CC(C)c1ccc2c(c1)C1(OC2=O)c2ccc(N3CCC3)cc2S(C)(C)c2cc(N3CCC3)ccc21. The van der Waals surface area contributed by atoms with Gasteiger partial charge >= 0.3 is 5.97 Å². The van der Waals surface area contributed by atoms with Crippen LogP contribution in [0.1, 0.15) is 65.2 Å². The summed E-state index contributed by atoms with van der Waals surface area (Å²) in [5.41, 5.74) is 6.91. The fraction of sp³-hybridized carbons (Fsp3) is 0.387. The lowest BCUT2D eigenvalue weighted by atomic mass is 9.78. The average Bonchev–Trinajstić information content (AvgIpc) is 3.08. The molecular formula is C31H34N2O2S. The second-order valence-electron chi connectivity index (χ2n) is 11.4. The number of esters is 1. The maximum atomic E-state index is 13.4. The molecule has 3 aromatic carbocycles. The van der Waals surface area contributed by atoms with Gasteiger partial charge in [0.2, 0.25) is 0 Å². The van der Waals surface area contributed by atoms with Crippen LogP contribution in [0, 0.1) is 0 Å². The molecule has 0 unspecified atom stereocenters. The average molecular weight is 499 g/mol. The van der Waals surface area contributed by atoms with Gasteiger partial charge in [-0.1, -0.05) is 32.0 Å². The summed E-state index contributed by atoms with van der Waals surface area (Å²) < 4.78 is 6.57. The minimum absolute atomic E-state index is 0.217. The predicted octanol–water partition coefficient (Wildman–Crippen LogP) is 6.49. The largest absolute Gasteiger partial charge is 0.440 e. The van der Waals surface area contributed by atoms with Gasteiger partial charge in [-0.2, -0.15) is 10.0 Å². The van der Waals surface area contributed by atoms with Crippen LogP contribution in [0.15, 0.2) is 64.4 Å². The van der Waals surface area contributed by atoms with Crippen molar-refractivity contribution in [2.75, 3.05) is 48.5 Å². The van der Waals surface area contributed by atoms with E-state index in [1.165, 1.54) is 39.6 Å². The fourth-order valence-electron chi connectivity index (χ4n) is 6.29. The molecule has 4 aliphatic rings. The van der Waals surface area contributed by atoms with Crippen LogP contribution in [-0.4, -0.2) is 44.7 Å². The minimum Gasteiger partial charge on any atom is -0.440 e. The van der Waals surface area contributed by atoms with E-state index in [0.29, 0.717) is 11.5 Å². The van der Waals surface area contributed by atoms with Crippen molar-refractivity contribution in [1.29, 1.82) is 0 Å². The third kappa shape index (κ3) is 2.86. The first-order valence-corrected chi connectivity index (χ1v) is 15.7. The zero-order valence-electron chi connectivity index (χ0n) is 21.6. The number of carbonyl (C=O) groups excluding carboxylic acids is 1. The molecule has 0 bridgehead atoms. The lowest BCUT2D eigenvalue weighted by Gasteiger charge is -2.48. The van der Waals surface area contributed by atoms with E-state index < -0.39 is 15.6 Å². The van der Waals surface area contributed by atoms with Crippen molar-refractivity contribution in [3.05, 3.63) is 82.4 Å². The summed E-state index contributed by atoms with van der Waals surface area (Å²) in [5.74, 6) is 0.154. The standard InChI is InChI=1S/C31H34N2O2S/c1-20(2)21-7-10-24-27(17-21)31(35-30(24)34)25-11-8-22(32-13-5-14-32)18-28(25)36(3,4)29-19-23(9-12-26(29)31)33-15-6-16-33/h7-12,17-20H,5-6,13-16H2,1-4H3. The lowest BCUT2D eigenvalue weighted by Crippen LogP contribution is -2.39. The van der Waals surface area contributed by atoms with Gasteiger partial charge < -0.3 is 14.5 Å². The number of ether oxygens (including phenoxy) is 1. The van der Waals surface area contributed by atoms with Gasteiger partial charge in [0.05, 0.1) is 5.56 Å². The van der Waals surface area contributed by atoms with Gasteiger partial charge in [-0.05, 0) is 73.2 Å². The zero-order chi connectivity index (χ0) is 24.8. The molecule has 4 heterocycles. The molecule has 0 amide bonds. The second-order valence-corrected chi connectivity index (χ2v) is 14.9. The molecule has 5 heteroatoms. The highest BCUT2D eigenvalue weighted by molar-refractivity contribution is 8.32. The number of nitrogens with zero attached hydrogens (tertiary/aromatic N) is 2. The Morgan fingerprint density at radius 2 is 1.33 bits per heavy atom. The Balaban J connectivity index is 1.53. The van der Waals surface area contributed by atoms with Crippen molar-refractivity contribution in [3.8, 4) is 0 Å². The molecule has 4 aliphatic heterocycles. The van der Waals surface area contributed by atoms with Crippen LogP contribution in [0.2, 0.25) is 0 Å². The van der Waals surface area contributed by atoms with E-state index in [-0.39, 0.29) is 5.97 Å². The van der Waals surface area contributed by atoms with Crippen molar-refractivity contribution in [2.24, 2.45) is 0 Å². The molecule has 7 rings (SSSR count). The molecular weight excluding hydrogens is 464 g/mol. The summed E-state index contributed by atoms with van der Waals surface area (Å²) in [5, 5.41) is 0. The lowest BCUT2D eigenvalue weighted by molar-refractivity contribution is 0.0232. The molecule has 4 nitrogen and oxygen atoms in total. The summed E-state index contributed by atoms with van der Waals surface area (Å²) in [4.78, 5) is 21.0. The van der Waals surface area contributed by atoms with Crippen molar-refractivity contribution in [2.45, 2.75) is 48.0 Å². The summed E-state index contributed by atoms with van der Waals surface area (Å²) in [7, 11) is -1.34. The Morgan fingerprint density at radius 1 is 0.778 bits per heavy atom. The molecule has 36 heavy (non-hydrogen) atoms. The van der Waals surface area contributed by atoms with E-state index in [4.69, 9.17) is 4.74 Å². The van der Waals surface area contributed by atoms with E-state index in [0.717, 1.165) is 42.9 Å². The van der Waals surface area contributed by atoms with Crippen LogP contribution in [0.5, 0.6) is 0 Å². The number of benzene rings is 3. The first kappa shape index (κ1) is 22.3. The molecule has 1 spiro atoms. The fourth-order valence-corrected chi connectivity index (χ4v) is 8.88. The van der Waals surface area contributed by atoms with E-state index in [2.05, 4.69) is 84.7 Å². The molecule has 0 N–H and O–H groups in total. The maximum absolute atomic E-state index is 13.4. The molecule has 2 saturated heterocycles. The van der Waals surface area contributed by atoms with E-state index in [1.807, 2.05) is 6.07 Å². The van der Waals surface area contributed by atoms with Crippen LogP contribution in [0.4, 0.5) is 11.4 Å². The van der Waals surface area contributed by atoms with Crippen LogP contribution in [0.3, 0.4) is 0 Å².